The first kappa shape index (κ1) is 9.66. The van der Waals surface area contributed by atoms with Gasteiger partial charge in [-0.2, -0.15) is 0 Å². The number of hydrogen-bond donors (Lipinski definition) is 2. The van der Waals surface area contributed by atoms with Crippen LogP contribution >= 0.6 is 0 Å². The first-order valence-electron chi connectivity index (χ1n) is 3.87. The molecule has 1 aromatic heterocycles. The van der Waals surface area contributed by atoms with Gasteiger partial charge in [-0.05, 0) is 4.92 Å². The lowest BCUT2D eigenvalue weighted by Crippen LogP contribution is -2.28. The van der Waals surface area contributed by atoms with E-state index in [4.69, 9.17) is 5.73 Å². The summed E-state index contributed by atoms with van der Waals surface area (Å²) in [5.74, 6) is -0.0737. The van der Waals surface area contributed by atoms with Crippen LogP contribution in [-0.4, -0.2) is 21.7 Å². The molecule has 0 amide bonds. The Kier molecular flexibility index (Phi) is 2.33. The molecule has 0 saturated carbocycles. The molecule has 6 nitrogen and oxygen atoms in total. The Hall–Kier alpha value is -1.43. The van der Waals surface area contributed by atoms with E-state index in [0.29, 0.717) is 12.1 Å². The van der Waals surface area contributed by atoms with Gasteiger partial charge in [0.15, 0.2) is 0 Å². The first-order valence-corrected chi connectivity index (χ1v) is 3.87. The number of rotatable bonds is 3. The molecule has 0 aliphatic heterocycles. The lowest BCUT2D eigenvalue weighted by molar-refractivity contribution is -0.390. The Morgan fingerprint density at radius 1 is 1.77 bits per heavy atom. The van der Waals surface area contributed by atoms with Gasteiger partial charge in [0, 0.05) is 12.0 Å². The third kappa shape index (κ3) is 1.67. The number of aromatic nitrogens is 2. The van der Waals surface area contributed by atoms with Crippen LogP contribution in [0.4, 0.5) is 5.82 Å². The van der Waals surface area contributed by atoms with Crippen LogP contribution in [0.3, 0.4) is 0 Å². The second-order valence-corrected chi connectivity index (χ2v) is 3.48. The SMILES string of the molecule is CC(C)(CN)c1cn[nH]c1[N+](=O)[O-]. The van der Waals surface area contributed by atoms with Crippen LogP contribution in [0, 0.1) is 10.1 Å². The second-order valence-electron chi connectivity index (χ2n) is 3.48. The Morgan fingerprint density at radius 3 is 2.85 bits per heavy atom. The van der Waals surface area contributed by atoms with Crippen molar-refractivity contribution in [2.75, 3.05) is 6.54 Å². The Bertz CT molecular complexity index is 318. The summed E-state index contributed by atoms with van der Waals surface area (Å²) in [5, 5.41) is 16.5. The van der Waals surface area contributed by atoms with Crippen molar-refractivity contribution in [1.29, 1.82) is 0 Å². The minimum absolute atomic E-state index is 0.0737. The first-order chi connectivity index (χ1) is 5.99. The summed E-state index contributed by atoms with van der Waals surface area (Å²) < 4.78 is 0. The highest BCUT2D eigenvalue weighted by molar-refractivity contribution is 5.36. The van der Waals surface area contributed by atoms with E-state index in [0.717, 1.165) is 0 Å². The number of aromatic amines is 1. The number of nitrogens with two attached hydrogens (primary N) is 1. The number of nitro groups is 1. The van der Waals surface area contributed by atoms with Crippen LogP contribution in [0.5, 0.6) is 0 Å². The predicted molar refractivity (Wildman–Crippen MR) is 47.3 cm³/mol. The summed E-state index contributed by atoms with van der Waals surface area (Å²) in [4.78, 5) is 10.1. The maximum Gasteiger partial charge on any atom is 0.346 e. The highest BCUT2D eigenvalue weighted by Gasteiger charge is 2.29. The van der Waals surface area contributed by atoms with Crippen LogP contribution in [0.15, 0.2) is 6.20 Å². The molecule has 0 saturated heterocycles. The summed E-state index contributed by atoms with van der Waals surface area (Å²) >= 11 is 0. The van der Waals surface area contributed by atoms with Crippen LogP contribution in [0.2, 0.25) is 0 Å². The van der Waals surface area contributed by atoms with Crippen molar-refractivity contribution in [3.8, 4) is 0 Å². The summed E-state index contributed by atoms with van der Waals surface area (Å²) in [7, 11) is 0. The van der Waals surface area contributed by atoms with Gasteiger partial charge in [0.05, 0.1) is 11.8 Å². The quantitative estimate of drug-likeness (QED) is 0.529. The number of nitrogens with zero attached hydrogens (tertiary/aromatic N) is 2. The standard InChI is InChI=1S/C7H12N4O2/c1-7(2,4-8)5-3-9-10-6(5)11(12)13/h3H,4,8H2,1-2H3,(H,9,10). The highest BCUT2D eigenvalue weighted by Crippen LogP contribution is 2.28. The second kappa shape index (κ2) is 3.14. The molecule has 0 atom stereocenters. The zero-order valence-electron chi connectivity index (χ0n) is 7.57. The van der Waals surface area contributed by atoms with E-state index in [1.165, 1.54) is 6.20 Å². The van der Waals surface area contributed by atoms with Gasteiger partial charge < -0.3 is 15.8 Å². The zero-order chi connectivity index (χ0) is 10.1. The van der Waals surface area contributed by atoms with Crippen LogP contribution in [0.1, 0.15) is 19.4 Å². The Labute approximate surface area is 75.3 Å². The van der Waals surface area contributed by atoms with Crippen molar-refractivity contribution in [3.05, 3.63) is 21.9 Å². The van der Waals surface area contributed by atoms with E-state index in [-0.39, 0.29) is 5.82 Å². The van der Waals surface area contributed by atoms with E-state index in [1.54, 1.807) is 0 Å². The van der Waals surface area contributed by atoms with E-state index in [2.05, 4.69) is 10.2 Å². The summed E-state index contributed by atoms with van der Waals surface area (Å²) in [5.41, 5.74) is 5.62. The fraction of sp³-hybridized carbons (Fsp3) is 0.571. The molecule has 6 heteroatoms. The maximum absolute atomic E-state index is 10.5. The zero-order valence-corrected chi connectivity index (χ0v) is 7.57. The van der Waals surface area contributed by atoms with Crippen molar-refractivity contribution in [1.82, 2.24) is 10.2 Å². The van der Waals surface area contributed by atoms with Crippen molar-refractivity contribution in [2.24, 2.45) is 5.73 Å². The molecule has 0 radical (unpaired) electrons. The fourth-order valence-electron chi connectivity index (χ4n) is 1.02. The number of hydrogen-bond acceptors (Lipinski definition) is 4. The van der Waals surface area contributed by atoms with Crippen molar-refractivity contribution in [2.45, 2.75) is 19.3 Å². The fourth-order valence-corrected chi connectivity index (χ4v) is 1.02. The molecular formula is C7H12N4O2. The average molecular weight is 184 g/mol. The summed E-state index contributed by atoms with van der Waals surface area (Å²) in [6.07, 6.45) is 1.45. The van der Waals surface area contributed by atoms with Gasteiger partial charge in [0.25, 0.3) is 0 Å². The molecule has 0 spiro atoms. The molecule has 0 fully saturated rings. The minimum atomic E-state index is -0.486. The third-order valence-electron chi connectivity index (χ3n) is 2.04. The van der Waals surface area contributed by atoms with E-state index in [9.17, 15) is 10.1 Å². The van der Waals surface area contributed by atoms with Crippen molar-refractivity contribution < 1.29 is 4.92 Å². The topological polar surface area (TPSA) is 97.8 Å². The van der Waals surface area contributed by atoms with Gasteiger partial charge in [0.2, 0.25) is 0 Å². The molecule has 1 heterocycles. The van der Waals surface area contributed by atoms with Crippen LogP contribution in [0.25, 0.3) is 0 Å². The average Bonchev–Trinajstić information content (AvgIpc) is 2.52. The summed E-state index contributed by atoms with van der Waals surface area (Å²) in [6.45, 7) is 4.02. The molecule has 0 aliphatic carbocycles. The number of H-pyrrole nitrogens is 1. The molecule has 0 aliphatic rings. The molecule has 0 unspecified atom stereocenters. The van der Waals surface area contributed by atoms with Gasteiger partial charge in [0.1, 0.15) is 0 Å². The van der Waals surface area contributed by atoms with E-state index < -0.39 is 10.3 Å². The van der Waals surface area contributed by atoms with Gasteiger partial charge >= 0.3 is 5.82 Å². The predicted octanol–water partition coefficient (Wildman–Crippen LogP) is 0.554. The van der Waals surface area contributed by atoms with Crippen molar-refractivity contribution >= 4 is 5.82 Å². The van der Waals surface area contributed by atoms with Crippen LogP contribution in [-0.2, 0) is 5.41 Å². The summed E-state index contributed by atoms with van der Waals surface area (Å²) in [6, 6.07) is 0. The molecule has 13 heavy (non-hydrogen) atoms. The molecule has 0 bridgehead atoms. The number of nitrogens with one attached hydrogen (secondary N) is 1. The van der Waals surface area contributed by atoms with Gasteiger partial charge in [-0.25, -0.2) is 0 Å². The Morgan fingerprint density at radius 2 is 2.38 bits per heavy atom. The molecule has 1 aromatic rings. The minimum Gasteiger partial charge on any atom is -0.358 e. The van der Waals surface area contributed by atoms with E-state index >= 15 is 0 Å². The normalized spacial score (nSPS) is 11.6. The lowest BCUT2D eigenvalue weighted by Gasteiger charge is -2.19. The van der Waals surface area contributed by atoms with Crippen LogP contribution < -0.4 is 5.73 Å². The van der Waals surface area contributed by atoms with Gasteiger partial charge in [-0.1, -0.05) is 18.9 Å². The molecule has 3 N–H and O–H groups in total. The van der Waals surface area contributed by atoms with Crippen molar-refractivity contribution in [3.63, 3.8) is 0 Å². The largest absolute Gasteiger partial charge is 0.358 e. The smallest absolute Gasteiger partial charge is 0.346 e. The highest BCUT2D eigenvalue weighted by atomic mass is 16.6. The lowest BCUT2D eigenvalue weighted by atomic mass is 9.86. The van der Waals surface area contributed by atoms with E-state index in [1.807, 2.05) is 13.8 Å². The third-order valence-corrected chi connectivity index (χ3v) is 2.04. The Balaban J connectivity index is 3.14. The molecule has 1 rings (SSSR count). The molecular weight excluding hydrogens is 172 g/mol. The maximum atomic E-state index is 10.5. The van der Waals surface area contributed by atoms with Gasteiger partial charge in [-0.3, -0.25) is 0 Å². The van der Waals surface area contributed by atoms with Gasteiger partial charge in [-0.15, -0.1) is 5.10 Å². The molecule has 0 aromatic carbocycles. The monoisotopic (exact) mass is 184 g/mol. The molecule has 72 valence electrons.